The largest absolute Gasteiger partial charge is 0.343 e. The number of carbonyl (C=O) groups excluding carboxylic acids is 1. The zero-order chi connectivity index (χ0) is 18.8. The number of amides is 1. The summed E-state index contributed by atoms with van der Waals surface area (Å²) < 4.78 is 18.5. The SMILES string of the molecule is Cc1cc(C(=O)NCc2nc(-c3ncccn3)no2)c2ccc(F)cc2n1. The average Bonchev–Trinajstić information content (AvgIpc) is 3.15. The monoisotopic (exact) mass is 364 g/mol. The van der Waals surface area contributed by atoms with E-state index in [1.807, 2.05) is 0 Å². The maximum absolute atomic E-state index is 13.4. The molecule has 0 bridgehead atoms. The lowest BCUT2D eigenvalue weighted by molar-refractivity contribution is 0.0947. The molecule has 0 saturated heterocycles. The first-order valence-electron chi connectivity index (χ1n) is 8.05. The van der Waals surface area contributed by atoms with E-state index < -0.39 is 5.82 Å². The first kappa shape index (κ1) is 16.7. The van der Waals surface area contributed by atoms with Gasteiger partial charge in [-0.25, -0.2) is 14.4 Å². The van der Waals surface area contributed by atoms with Gasteiger partial charge in [-0.1, -0.05) is 5.16 Å². The molecular weight excluding hydrogens is 351 g/mol. The van der Waals surface area contributed by atoms with Gasteiger partial charge in [-0.3, -0.25) is 9.78 Å². The van der Waals surface area contributed by atoms with Gasteiger partial charge in [-0.05, 0) is 31.2 Å². The van der Waals surface area contributed by atoms with Crippen LogP contribution in [0.3, 0.4) is 0 Å². The van der Waals surface area contributed by atoms with Crippen LogP contribution in [0.1, 0.15) is 21.9 Å². The van der Waals surface area contributed by atoms with Crippen LogP contribution in [0, 0.1) is 12.7 Å². The number of pyridine rings is 1. The predicted molar refractivity (Wildman–Crippen MR) is 92.9 cm³/mol. The van der Waals surface area contributed by atoms with Gasteiger partial charge in [0.2, 0.25) is 17.5 Å². The third-order valence-corrected chi connectivity index (χ3v) is 3.78. The molecule has 1 N–H and O–H groups in total. The molecule has 1 aromatic carbocycles. The van der Waals surface area contributed by atoms with Crippen LogP contribution in [-0.4, -0.2) is 31.0 Å². The van der Waals surface area contributed by atoms with Crippen LogP contribution in [0.25, 0.3) is 22.6 Å². The van der Waals surface area contributed by atoms with Crippen molar-refractivity contribution in [2.24, 2.45) is 0 Å². The first-order chi connectivity index (χ1) is 13.1. The summed E-state index contributed by atoms with van der Waals surface area (Å²) in [5, 5.41) is 7.07. The number of fused-ring (bicyclic) bond motifs is 1. The number of hydrogen-bond donors (Lipinski definition) is 1. The summed E-state index contributed by atoms with van der Waals surface area (Å²) in [6, 6.07) is 7.44. The Morgan fingerprint density at radius 1 is 1.15 bits per heavy atom. The van der Waals surface area contributed by atoms with Crippen molar-refractivity contribution in [2.45, 2.75) is 13.5 Å². The lowest BCUT2D eigenvalue weighted by atomic mass is 10.1. The van der Waals surface area contributed by atoms with Crippen LogP contribution in [0.15, 0.2) is 47.2 Å². The molecule has 0 aliphatic heterocycles. The van der Waals surface area contributed by atoms with Gasteiger partial charge in [0.25, 0.3) is 5.91 Å². The summed E-state index contributed by atoms with van der Waals surface area (Å²) in [6.07, 6.45) is 3.14. The molecule has 0 radical (unpaired) electrons. The minimum Gasteiger partial charge on any atom is -0.343 e. The normalized spacial score (nSPS) is 10.9. The van der Waals surface area contributed by atoms with E-state index in [9.17, 15) is 9.18 Å². The minimum atomic E-state index is -0.409. The van der Waals surface area contributed by atoms with Crippen LogP contribution in [-0.2, 0) is 6.54 Å². The van der Waals surface area contributed by atoms with Crippen molar-refractivity contribution < 1.29 is 13.7 Å². The van der Waals surface area contributed by atoms with Crippen LogP contribution in [0.2, 0.25) is 0 Å². The van der Waals surface area contributed by atoms with E-state index >= 15 is 0 Å². The number of aromatic nitrogens is 5. The molecule has 134 valence electrons. The molecule has 0 fully saturated rings. The number of aryl methyl sites for hydroxylation is 1. The van der Waals surface area contributed by atoms with Crippen molar-refractivity contribution in [3.63, 3.8) is 0 Å². The Labute approximate surface area is 152 Å². The number of nitrogens with one attached hydrogen (secondary N) is 1. The molecule has 0 saturated carbocycles. The molecule has 3 aromatic heterocycles. The zero-order valence-corrected chi connectivity index (χ0v) is 14.2. The fourth-order valence-corrected chi connectivity index (χ4v) is 2.60. The summed E-state index contributed by atoms with van der Waals surface area (Å²) >= 11 is 0. The van der Waals surface area contributed by atoms with Crippen molar-refractivity contribution in [2.75, 3.05) is 0 Å². The summed E-state index contributed by atoms with van der Waals surface area (Å²) in [7, 11) is 0. The van der Waals surface area contributed by atoms with Gasteiger partial charge in [-0.15, -0.1) is 0 Å². The van der Waals surface area contributed by atoms with Gasteiger partial charge in [0, 0.05) is 29.5 Å². The second-order valence-electron chi connectivity index (χ2n) is 5.74. The van der Waals surface area contributed by atoms with Crippen molar-refractivity contribution in [3.8, 4) is 11.6 Å². The van der Waals surface area contributed by atoms with Gasteiger partial charge in [0.1, 0.15) is 5.82 Å². The summed E-state index contributed by atoms with van der Waals surface area (Å²) in [5.74, 6) is 0.0189. The van der Waals surface area contributed by atoms with Crippen LogP contribution >= 0.6 is 0 Å². The molecule has 1 amide bonds. The summed E-state index contributed by atoms with van der Waals surface area (Å²) in [5.41, 5.74) is 1.42. The number of hydrogen-bond acceptors (Lipinski definition) is 7. The fourth-order valence-electron chi connectivity index (χ4n) is 2.60. The molecule has 4 rings (SSSR count). The molecular formula is C18H13FN6O2. The van der Waals surface area contributed by atoms with Crippen LogP contribution in [0.4, 0.5) is 4.39 Å². The van der Waals surface area contributed by atoms with E-state index in [0.29, 0.717) is 28.0 Å². The standard InChI is InChI=1S/C18H13FN6O2/c1-10-7-13(12-4-3-11(19)8-14(12)23-10)18(26)22-9-15-24-17(25-27-15)16-20-5-2-6-21-16/h2-8H,9H2,1H3,(H,22,26). The van der Waals surface area contributed by atoms with E-state index in [4.69, 9.17) is 4.52 Å². The molecule has 4 aromatic rings. The summed E-state index contributed by atoms with van der Waals surface area (Å²) in [4.78, 5) is 29.1. The molecule has 0 atom stereocenters. The maximum atomic E-state index is 13.4. The number of carbonyl (C=O) groups is 1. The number of rotatable bonds is 4. The van der Waals surface area contributed by atoms with E-state index in [-0.39, 0.29) is 24.2 Å². The Balaban J connectivity index is 1.54. The molecule has 0 aliphatic carbocycles. The van der Waals surface area contributed by atoms with Crippen LogP contribution < -0.4 is 5.32 Å². The Hall–Kier alpha value is -3.75. The van der Waals surface area contributed by atoms with Gasteiger partial charge in [0.15, 0.2) is 0 Å². The topological polar surface area (TPSA) is 107 Å². The van der Waals surface area contributed by atoms with Gasteiger partial charge < -0.3 is 9.84 Å². The second kappa shape index (κ2) is 6.87. The number of nitrogens with zero attached hydrogens (tertiary/aromatic N) is 5. The third-order valence-electron chi connectivity index (χ3n) is 3.78. The summed E-state index contributed by atoms with van der Waals surface area (Å²) in [6.45, 7) is 1.77. The third kappa shape index (κ3) is 3.47. The van der Waals surface area contributed by atoms with Crippen molar-refractivity contribution in [3.05, 3.63) is 65.7 Å². The Kier molecular flexibility index (Phi) is 4.25. The zero-order valence-electron chi connectivity index (χ0n) is 14.2. The van der Waals surface area contributed by atoms with E-state index in [1.54, 1.807) is 31.5 Å². The number of benzene rings is 1. The lowest BCUT2D eigenvalue weighted by Crippen LogP contribution is -2.23. The minimum absolute atomic E-state index is 0.0305. The Bertz CT molecular complexity index is 1120. The fraction of sp³-hybridized carbons (Fsp3) is 0.111. The maximum Gasteiger partial charge on any atom is 0.252 e. The van der Waals surface area contributed by atoms with Crippen molar-refractivity contribution in [1.82, 2.24) is 30.4 Å². The smallest absolute Gasteiger partial charge is 0.252 e. The highest BCUT2D eigenvalue weighted by molar-refractivity contribution is 6.06. The van der Waals surface area contributed by atoms with Gasteiger partial charge >= 0.3 is 0 Å². The first-order valence-corrected chi connectivity index (χ1v) is 8.05. The second-order valence-corrected chi connectivity index (χ2v) is 5.74. The Morgan fingerprint density at radius 3 is 2.78 bits per heavy atom. The molecule has 0 aliphatic rings. The number of halogens is 1. The van der Waals surface area contributed by atoms with Crippen LogP contribution in [0.5, 0.6) is 0 Å². The lowest BCUT2D eigenvalue weighted by Gasteiger charge is -2.08. The molecule has 0 unspecified atom stereocenters. The van der Waals surface area contributed by atoms with E-state index in [1.165, 1.54) is 18.2 Å². The highest BCUT2D eigenvalue weighted by Gasteiger charge is 2.15. The molecule has 9 heteroatoms. The highest BCUT2D eigenvalue weighted by atomic mass is 19.1. The van der Waals surface area contributed by atoms with E-state index in [2.05, 4.69) is 30.4 Å². The highest BCUT2D eigenvalue weighted by Crippen LogP contribution is 2.20. The van der Waals surface area contributed by atoms with Crippen molar-refractivity contribution in [1.29, 1.82) is 0 Å². The molecule has 3 heterocycles. The molecule has 8 nitrogen and oxygen atoms in total. The molecule has 27 heavy (non-hydrogen) atoms. The predicted octanol–water partition coefficient (Wildman–Crippen LogP) is 2.45. The Morgan fingerprint density at radius 2 is 1.96 bits per heavy atom. The molecule has 0 spiro atoms. The average molecular weight is 364 g/mol. The van der Waals surface area contributed by atoms with Crippen molar-refractivity contribution >= 4 is 16.8 Å². The van der Waals surface area contributed by atoms with E-state index in [0.717, 1.165) is 0 Å². The quantitative estimate of drug-likeness (QED) is 0.593. The van der Waals surface area contributed by atoms with Gasteiger partial charge in [-0.2, -0.15) is 4.98 Å². The van der Waals surface area contributed by atoms with Gasteiger partial charge in [0.05, 0.1) is 17.6 Å².